The van der Waals surface area contributed by atoms with Crippen LogP contribution in [0.1, 0.15) is 329 Å². The Bertz CT molecular complexity index is 2920. The highest BCUT2D eigenvalue weighted by atomic mass is 31.2. The number of hydrogen-bond donors (Lipinski definition) is 4. The van der Waals surface area contributed by atoms with Crippen molar-refractivity contribution in [3.05, 3.63) is 207 Å². The number of rotatable bonds is 82. The van der Waals surface area contributed by atoms with Gasteiger partial charge in [0.15, 0.2) is 6.10 Å². The van der Waals surface area contributed by atoms with Gasteiger partial charge >= 0.3 is 33.6 Å². The van der Waals surface area contributed by atoms with Gasteiger partial charge in [-0.1, -0.05) is 349 Å². The normalized spacial score (nSPS) is 14.8. The highest BCUT2D eigenvalue weighted by molar-refractivity contribution is 7.47. The molecule has 5 atom stereocenters. The maximum Gasteiger partial charge on any atom is 0.472 e. The Balaban J connectivity index is 4.58. The van der Waals surface area contributed by atoms with Crippen molar-refractivity contribution in [1.82, 2.24) is 0 Å². The number of carbonyl (C=O) groups is 3. The summed E-state index contributed by atoms with van der Waals surface area (Å²) >= 11 is 0. The molecule has 5 unspecified atom stereocenters. The molecular formula is C97H158O16P2. The highest BCUT2D eigenvalue weighted by Crippen LogP contribution is 2.45. The molecule has 18 heteroatoms. The number of unbranched alkanes of at least 4 members (excludes halogenated alkanes) is 25. The number of carbonyl (C=O) groups excluding carboxylic acids is 3. The van der Waals surface area contributed by atoms with Crippen LogP contribution in [0.4, 0.5) is 0 Å². The van der Waals surface area contributed by atoms with Crippen LogP contribution in [0.5, 0.6) is 0 Å². The molecule has 0 aromatic rings. The first-order chi connectivity index (χ1) is 56.2. The molecule has 0 heterocycles. The first kappa shape index (κ1) is 109. The Labute approximate surface area is 699 Å². The van der Waals surface area contributed by atoms with Crippen molar-refractivity contribution in [2.24, 2.45) is 0 Å². The summed E-state index contributed by atoms with van der Waals surface area (Å²) in [6, 6.07) is 0. The summed E-state index contributed by atoms with van der Waals surface area (Å²) in [5.41, 5.74) is 0. The average molecular weight is 1640 g/mol. The third-order valence-electron chi connectivity index (χ3n) is 18.0. The summed E-state index contributed by atoms with van der Waals surface area (Å²) in [4.78, 5) is 58.9. The van der Waals surface area contributed by atoms with Crippen molar-refractivity contribution in [2.75, 3.05) is 39.6 Å². The van der Waals surface area contributed by atoms with Crippen LogP contribution in [0.2, 0.25) is 0 Å². The fourth-order valence-corrected chi connectivity index (χ4v) is 13.0. The van der Waals surface area contributed by atoms with E-state index in [0.717, 1.165) is 180 Å². The van der Waals surface area contributed by atoms with Crippen molar-refractivity contribution >= 4 is 33.6 Å². The molecule has 0 amide bonds. The zero-order valence-electron chi connectivity index (χ0n) is 71.6. The number of allylic oxidation sites excluding steroid dienone is 34. The van der Waals surface area contributed by atoms with Gasteiger partial charge < -0.3 is 34.2 Å². The molecule has 0 saturated carbocycles. The Hall–Kier alpha value is -5.87. The lowest BCUT2D eigenvalue weighted by Gasteiger charge is -2.21. The zero-order valence-corrected chi connectivity index (χ0v) is 73.4. The van der Waals surface area contributed by atoms with Crippen molar-refractivity contribution in [3.8, 4) is 0 Å². The third-order valence-corrected chi connectivity index (χ3v) is 19.9. The van der Waals surface area contributed by atoms with E-state index in [4.69, 9.17) is 32.3 Å². The summed E-state index contributed by atoms with van der Waals surface area (Å²) < 4.78 is 61.3. The van der Waals surface area contributed by atoms with Crippen LogP contribution < -0.4 is 0 Å². The summed E-state index contributed by atoms with van der Waals surface area (Å²) in [6.45, 7) is 2.28. The summed E-state index contributed by atoms with van der Waals surface area (Å²) in [5, 5.41) is 20.7. The van der Waals surface area contributed by atoms with Crippen LogP contribution in [0.15, 0.2) is 207 Å². The van der Waals surface area contributed by atoms with E-state index in [1.54, 1.807) is 0 Å². The van der Waals surface area contributed by atoms with E-state index in [-0.39, 0.29) is 19.3 Å². The molecule has 115 heavy (non-hydrogen) atoms. The van der Waals surface area contributed by atoms with Crippen molar-refractivity contribution < 1.29 is 75.8 Å². The van der Waals surface area contributed by atoms with Gasteiger partial charge in [-0.25, -0.2) is 9.13 Å². The van der Waals surface area contributed by atoms with Gasteiger partial charge in [-0.2, -0.15) is 0 Å². The molecule has 0 rings (SSSR count). The number of hydrogen-bond acceptors (Lipinski definition) is 14. The molecule has 0 aliphatic rings. The molecule has 0 spiro atoms. The number of phosphoric acid groups is 2. The topological polar surface area (TPSA) is 231 Å². The maximum absolute atomic E-state index is 13.0. The Kier molecular flexibility index (Phi) is 83.0. The van der Waals surface area contributed by atoms with Crippen LogP contribution in [0, 0.1) is 0 Å². The quantitative estimate of drug-likeness (QED) is 0.0146. The van der Waals surface area contributed by atoms with E-state index in [1.807, 2.05) is 0 Å². The van der Waals surface area contributed by atoms with Crippen LogP contribution in [-0.2, 0) is 55.8 Å². The second-order valence-electron chi connectivity index (χ2n) is 28.9. The monoisotopic (exact) mass is 1640 g/mol. The lowest BCUT2D eigenvalue weighted by molar-refractivity contribution is -0.161. The van der Waals surface area contributed by atoms with Gasteiger partial charge in [0, 0.05) is 19.3 Å². The van der Waals surface area contributed by atoms with Gasteiger partial charge in [0.25, 0.3) is 0 Å². The molecule has 0 fully saturated rings. The predicted octanol–water partition coefficient (Wildman–Crippen LogP) is 27.2. The predicted molar refractivity (Wildman–Crippen MR) is 481 cm³/mol. The molecule has 0 aromatic carbocycles. The lowest BCUT2D eigenvalue weighted by atomic mass is 10.0. The van der Waals surface area contributed by atoms with E-state index in [2.05, 4.69) is 227 Å². The van der Waals surface area contributed by atoms with E-state index < -0.39 is 91.5 Å². The minimum Gasteiger partial charge on any atom is -0.463 e. The summed E-state index contributed by atoms with van der Waals surface area (Å²) in [6.07, 6.45) is 117. The second-order valence-corrected chi connectivity index (χ2v) is 31.8. The number of aliphatic hydroxyl groups excluding tert-OH is 2. The molecule has 16 nitrogen and oxygen atoms in total. The molecular weight excluding hydrogens is 1480 g/mol. The molecule has 0 radical (unpaired) electrons. The Morgan fingerprint density at radius 1 is 0.243 bits per heavy atom. The van der Waals surface area contributed by atoms with E-state index in [9.17, 15) is 43.5 Å². The van der Waals surface area contributed by atoms with Crippen LogP contribution in [-0.4, -0.2) is 95.9 Å². The van der Waals surface area contributed by atoms with Crippen molar-refractivity contribution in [3.63, 3.8) is 0 Å². The largest absolute Gasteiger partial charge is 0.472 e. The van der Waals surface area contributed by atoms with Crippen LogP contribution in [0.25, 0.3) is 0 Å². The average Bonchev–Trinajstić information content (AvgIpc) is 0.901. The van der Waals surface area contributed by atoms with Crippen LogP contribution >= 0.6 is 15.6 Å². The number of ether oxygens (including phenoxy) is 3. The molecule has 0 aliphatic carbocycles. The fraction of sp³-hybridized carbons (Fsp3) is 0.619. The van der Waals surface area contributed by atoms with E-state index in [0.29, 0.717) is 25.7 Å². The van der Waals surface area contributed by atoms with Gasteiger partial charge in [-0.3, -0.25) is 32.5 Å². The van der Waals surface area contributed by atoms with E-state index in [1.165, 1.54) is 83.5 Å². The van der Waals surface area contributed by atoms with Gasteiger partial charge in [0.05, 0.1) is 26.4 Å². The standard InChI is InChI=1S/C97H158O16P2/c1-4-7-10-13-16-19-22-25-28-31-34-37-39-40-41-42-43-44-45-46-47-48-49-50-52-55-56-59-62-65-68-71-74-77-80-83-95(100)107-86-92(98)87-109-114(103,104)110-88-93(99)89-111-115(105,106)112-91-94(113-97(102)85-82-79-76-73-70-67-64-61-58-53-36-33-30-27-24-21-18-15-12-9-6-3)90-108-96(101)84-81-78-75-72-69-66-63-60-57-54-51-38-35-32-29-26-23-20-17-14-11-8-5-2/h7-12,16-21,25-30,34-38,40-41,43-44,53-54,57,61,64,70,73,92-94,98-99H,4-6,13-15,22-24,31-33,39,42,45-52,55-56,58-60,62-63,65-69,71-72,74-91H2,1-3H3,(H,103,104)(H,105,106)/b10-7-,11-8-,12-9-,19-16-,20-17-,21-18-,28-25-,29-26-,30-27-,37-34-,38-35-,41-40-,44-43-,53-36-,57-54-,64-61-,73-70-. The molecule has 0 aliphatic heterocycles. The number of esters is 3. The van der Waals surface area contributed by atoms with Gasteiger partial charge in [0.2, 0.25) is 0 Å². The Morgan fingerprint density at radius 2 is 0.435 bits per heavy atom. The van der Waals surface area contributed by atoms with E-state index >= 15 is 0 Å². The summed E-state index contributed by atoms with van der Waals surface area (Å²) in [5.74, 6) is -1.65. The highest BCUT2D eigenvalue weighted by Gasteiger charge is 2.29. The first-order valence-electron chi connectivity index (χ1n) is 44.4. The SMILES string of the molecule is CC/C=C\C/C=C\C/C=C\C/C=C\C/C=C\C/C=C\CCCCCCCCCCCCCCCCCCC(=O)OCC(O)COP(=O)(O)OCC(O)COP(=O)(O)OCC(COC(=O)CCCCCCCCC/C=C\C/C=C\C/C=C\C/C=C\C/C=C\CC)OC(=O)CCCC/C=C\C/C=C\C/C=C\C/C=C\C/C=C\C/C=C\CC. The number of phosphoric ester groups is 2. The fourth-order valence-electron chi connectivity index (χ4n) is 11.4. The molecule has 4 N–H and O–H groups in total. The van der Waals surface area contributed by atoms with Gasteiger partial charge in [0.1, 0.15) is 25.4 Å². The Morgan fingerprint density at radius 3 is 0.704 bits per heavy atom. The zero-order chi connectivity index (χ0) is 83.6. The second kappa shape index (κ2) is 87.4. The smallest absolute Gasteiger partial charge is 0.463 e. The van der Waals surface area contributed by atoms with Crippen molar-refractivity contribution in [1.29, 1.82) is 0 Å². The summed E-state index contributed by atoms with van der Waals surface area (Å²) in [7, 11) is -9.84. The third kappa shape index (κ3) is 88.8. The van der Waals surface area contributed by atoms with Crippen molar-refractivity contribution in [2.45, 2.75) is 347 Å². The minimum atomic E-state index is -4.96. The molecule has 0 bridgehead atoms. The van der Waals surface area contributed by atoms with Crippen LogP contribution in [0.3, 0.4) is 0 Å². The number of aliphatic hydroxyl groups is 2. The van der Waals surface area contributed by atoms with Gasteiger partial charge in [-0.05, 0) is 167 Å². The molecule has 0 saturated heterocycles. The molecule has 0 aromatic heterocycles. The minimum absolute atomic E-state index is 0.0393. The lowest BCUT2D eigenvalue weighted by Crippen LogP contribution is -2.30. The molecule has 652 valence electrons. The maximum atomic E-state index is 13.0. The van der Waals surface area contributed by atoms with Gasteiger partial charge in [-0.15, -0.1) is 0 Å². The first-order valence-corrected chi connectivity index (χ1v) is 47.4.